The molecular formula is C24H21Cl2N5O. The van der Waals surface area contributed by atoms with Crippen molar-refractivity contribution >= 4 is 29.1 Å². The zero-order valence-electron chi connectivity index (χ0n) is 17.3. The SMILES string of the molecule is N#CCc1nc(-c2ccc(Cl)cc2)c(-c2ccc(Cl)cc2)nc1C(=O)NN1CCCCC1. The molecule has 2 aromatic carbocycles. The Labute approximate surface area is 196 Å². The molecule has 0 bridgehead atoms. The van der Waals surface area contributed by atoms with Crippen LogP contribution in [0.3, 0.4) is 0 Å². The van der Waals surface area contributed by atoms with E-state index in [1.54, 1.807) is 24.3 Å². The van der Waals surface area contributed by atoms with E-state index in [2.05, 4.69) is 11.5 Å². The van der Waals surface area contributed by atoms with Gasteiger partial charge in [0.05, 0.1) is 29.6 Å². The van der Waals surface area contributed by atoms with E-state index in [0.717, 1.165) is 43.5 Å². The number of nitrogens with one attached hydrogen (secondary N) is 1. The van der Waals surface area contributed by atoms with E-state index in [0.29, 0.717) is 27.1 Å². The van der Waals surface area contributed by atoms with Crippen LogP contribution in [0.25, 0.3) is 22.5 Å². The quantitative estimate of drug-likeness (QED) is 0.551. The monoisotopic (exact) mass is 465 g/mol. The Morgan fingerprint density at radius 3 is 1.97 bits per heavy atom. The van der Waals surface area contributed by atoms with Crippen molar-refractivity contribution in [2.45, 2.75) is 25.7 Å². The molecule has 32 heavy (non-hydrogen) atoms. The van der Waals surface area contributed by atoms with Crippen LogP contribution in [0.5, 0.6) is 0 Å². The summed E-state index contributed by atoms with van der Waals surface area (Å²) in [5, 5.41) is 12.5. The average molecular weight is 466 g/mol. The Balaban J connectivity index is 1.83. The van der Waals surface area contributed by atoms with Gasteiger partial charge in [-0.3, -0.25) is 10.2 Å². The molecule has 1 fully saturated rings. The molecule has 1 aromatic heterocycles. The van der Waals surface area contributed by atoms with Gasteiger partial charge in [-0.25, -0.2) is 15.0 Å². The van der Waals surface area contributed by atoms with Crippen LogP contribution < -0.4 is 5.43 Å². The number of amides is 1. The molecule has 0 saturated carbocycles. The van der Waals surface area contributed by atoms with Gasteiger partial charge in [0.1, 0.15) is 0 Å². The van der Waals surface area contributed by atoms with E-state index >= 15 is 0 Å². The lowest BCUT2D eigenvalue weighted by molar-refractivity contribution is 0.0743. The van der Waals surface area contributed by atoms with Crippen molar-refractivity contribution in [1.82, 2.24) is 20.4 Å². The molecule has 0 spiro atoms. The number of carbonyl (C=O) groups excluding carboxylic acids is 1. The van der Waals surface area contributed by atoms with Crippen LogP contribution in [0.4, 0.5) is 0 Å². The zero-order valence-corrected chi connectivity index (χ0v) is 18.8. The topological polar surface area (TPSA) is 81.9 Å². The minimum atomic E-state index is -0.359. The number of hydrogen-bond acceptors (Lipinski definition) is 5. The minimum Gasteiger partial charge on any atom is -0.283 e. The third-order valence-corrected chi connectivity index (χ3v) is 5.78. The number of halogens is 2. The second-order valence-corrected chi connectivity index (χ2v) is 8.43. The first-order valence-corrected chi connectivity index (χ1v) is 11.2. The van der Waals surface area contributed by atoms with Crippen LogP contribution in [-0.2, 0) is 6.42 Å². The van der Waals surface area contributed by atoms with Crippen molar-refractivity contribution in [3.05, 3.63) is 70.0 Å². The van der Waals surface area contributed by atoms with Crippen molar-refractivity contribution in [3.63, 3.8) is 0 Å². The molecule has 2 heterocycles. The smallest absolute Gasteiger partial charge is 0.283 e. The number of rotatable bonds is 5. The Bertz CT molecular complexity index is 1150. The molecule has 1 aliphatic rings. The number of nitrogens with zero attached hydrogens (tertiary/aromatic N) is 4. The second kappa shape index (κ2) is 10.1. The summed E-state index contributed by atoms with van der Waals surface area (Å²) >= 11 is 12.1. The van der Waals surface area contributed by atoms with Crippen molar-refractivity contribution < 1.29 is 4.79 Å². The molecule has 1 aliphatic heterocycles. The first-order chi connectivity index (χ1) is 15.5. The van der Waals surface area contributed by atoms with E-state index in [4.69, 9.17) is 33.2 Å². The molecule has 4 rings (SSSR count). The second-order valence-electron chi connectivity index (χ2n) is 7.55. The zero-order chi connectivity index (χ0) is 22.5. The molecule has 8 heteroatoms. The maximum Gasteiger partial charge on any atom is 0.286 e. The van der Waals surface area contributed by atoms with Crippen molar-refractivity contribution in [1.29, 1.82) is 5.26 Å². The van der Waals surface area contributed by atoms with E-state index in [9.17, 15) is 10.1 Å². The number of carbonyl (C=O) groups is 1. The number of piperidine rings is 1. The van der Waals surface area contributed by atoms with Crippen LogP contribution in [0.1, 0.15) is 35.4 Å². The first-order valence-electron chi connectivity index (χ1n) is 10.4. The number of hydrazine groups is 1. The van der Waals surface area contributed by atoms with Gasteiger partial charge in [-0.2, -0.15) is 5.26 Å². The lowest BCUT2D eigenvalue weighted by atomic mass is 10.0. The van der Waals surface area contributed by atoms with Crippen molar-refractivity contribution in [2.75, 3.05) is 13.1 Å². The number of nitriles is 1. The van der Waals surface area contributed by atoms with Crippen molar-refractivity contribution in [2.24, 2.45) is 0 Å². The third-order valence-electron chi connectivity index (χ3n) is 5.28. The summed E-state index contributed by atoms with van der Waals surface area (Å²) in [7, 11) is 0. The first kappa shape index (κ1) is 22.2. The minimum absolute atomic E-state index is 0.0305. The highest BCUT2D eigenvalue weighted by Gasteiger charge is 2.23. The van der Waals surface area contributed by atoms with Crippen molar-refractivity contribution in [3.8, 4) is 28.6 Å². The molecule has 1 saturated heterocycles. The average Bonchev–Trinajstić information content (AvgIpc) is 2.81. The Morgan fingerprint density at radius 1 is 0.906 bits per heavy atom. The van der Waals surface area contributed by atoms with Crippen LogP contribution in [0.2, 0.25) is 10.0 Å². The van der Waals surface area contributed by atoms with Gasteiger partial charge in [0.15, 0.2) is 5.69 Å². The number of aromatic nitrogens is 2. The lowest BCUT2D eigenvalue weighted by Gasteiger charge is -2.27. The predicted octanol–water partition coefficient (Wildman–Crippen LogP) is 5.31. The number of benzene rings is 2. The molecule has 6 nitrogen and oxygen atoms in total. The molecule has 3 aromatic rings. The molecule has 162 valence electrons. The molecular weight excluding hydrogens is 445 g/mol. The fourth-order valence-corrected chi connectivity index (χ4v) is 3.92. The molecule has 0 radical (unpaired) electrons. The summed E-state index contributed by atoms with van der Waals surface area (Å²) in [5.74, 6) is -0.359. The van der Waals surface area contributed by atoms with E-state index in [-0.39, 0.29) is 18.0 Å². The highest BCUT2D eigenvalue weighted by atomic mass is 35.5. The predicted molar refractivity (Wildman–Crippen MR) is 125 cm³/mol. The standard InChI is InChI=1S/C24H21Cl2N5O/c25-18-8-4-16(5-9-18)21-22(17-6-10-19(26)11-7-17)29-23(20(28-21)12-13-27)24(32)30-31-14-2-1-3-15-31/h4-11H,1-3,12,14-15H2,(H,30,32). The van der Waals surface area contributed by atoms with Gasteiger partial charge in [-0.1, -0.05) is 53.9 Å². The van der Waals surface area contributed by atoms with Gasteiger partial charge < -0.3 is 0 Å². The summed E-state index contributed by atoms with van der Waals surface area (Å²) in [6, 6.07) is 16.5. The fourth-order valence-electron chi connectivity index (χ4n) is 3.67. The van der Waals surface area contributed by atoms with Gasteiger partial charge in [0.2, 0.25) is 0 Å². The lowest BCUT2D eigenvalue weighted by Crippen LogP contribution is -2.45. The van der Waals surface area contributed by atoms with Crippen LogP contribution in [-0.4, -0.2) is 34.0 Å². The Morgan fingerprint density at radius 2 is 1.44 bits per heavy atom. The fraction of sp³-hybridized carbons (Fsp3) is 0.250. The number of hydrogen-bond donors (Lipinski definition) is 1. The van der Waals surface area contributed by atoms with Gasteiger partial charge in [0.25, 0.3) is 5.91 Å². The third kappa shape index (κ3) is 5.08. The van der Waals surface area contributed by atoms with Gasteiger partial charge in [-0.15, -0.1) is 0 Å². The highest BCUT2D eigenvalue weighted by molar-refractivity contribution is 6.31. The molecule has 1 N–H and O–H groups in total. The molecule has 0 aliphatic carbocycles. The Kier molecular flexibility index (Phi) is 7.01. The summed E-state index contributed by atoms with van der Waals surface area (Å²) < 4.78 is 0. The van der Waals surface area contributed by atoms with Crippen LogP contribution in [0.15, 0.2) is 48.5 Å². The maximum atomic E-state index is 13.1. The van der Waals surface area contributed by atoms with E-state index in [1.165, 1.54) is 0 Å². The maximum absolute atomic E-state index is 13.1. The van der Waals surface area contributed by atoms with E-state index in [1.807, 2.05) is 29.3 Å². The highest BCUT2D eigenvalue weighted by Crippen LogP contribution is 2.31. The summed E-state index contributed by atoms with van der Waals surface area (Å²) in [6.45, 7) is 1.58. The summed E-state index contributed by atoms with van der Waals surface area (Å²) in [6.07, 6.45) is 3.19. The summed E-state index contributed by atoms with van der Waals surface area (Å²) in [5.41, 5.74) is 6.08. The van der Waals surface area contributed by atoms with Gasteiger partial charge >= 0.3 is 0 Å². The Hall–Kier alpha value is -2.98. The van der Waals surface area contributed by atoms with E-state index < -0.39 is 0 Å². The van der Waals surface area contributed by atoms with Crippen LogP contribution in [0, 0.1) is 11.3 Å². The van der Waals surface area contributed by atoms with Crippen LogP contribution >= 0.6 is 23.2 Å². The summed E-state index contributed by atoms with van der Waals surface area (Å²) in [4.78, 5) is 22.6. The molecule has 0 unspecified atom stereocenters. The van der Waals surface area contributed by atoms with Gasteiger partial charge in [0, 0.05) is 34.3 Å². The molecule has 1 amide bonds. The normalized spacial score (nSPS) is 14.0. The van der Waals surface area contributed by atoms with Gasteiger partial charge in [-0.05, 0) is 37.1 Å². The largest absolute Gasteiger partial charge is 0.286 e. The molecule has 0 atom stereocenters.